The summed E-state index contributed by atoms with van der Waals surface area (Å²) < 4.78 is 27.8. The van der Waals surface area contributed by atoms with Gasteiger partial charge in [0.15, 0.2) is 10.4 Å². The first-order valence-electron chi connectivity index (χ1n) is 9.69. The Hall–Kier alpha value is -2.11. The number of fused-ring (bicyclic) bond motifs is 1. The zero-order valence-electron chi connectivity index (χ0n) is 16.4. The number of benzene rings is 1. The van der Waals surface area contributed by atoms with Crippen LogP contribution < -0.4 is 10.0 Å². The van der Waals surface area contributed by atoms with Crippen molar-refractivity contribution in [3.63, 3.8) is 0 Å². The van der Waals surface area contributed by atoms with Gasteiger partial charge in [0.25, 0.3) is 10.0 Å². The monoisotopic (exact) mass is 466 g/mol. The molecule has 0 spiro atoms. The Labute approximate surface area is 183 Å². The van der Waals surface area contributed by atoms with Crippen LogP contribution in [0, 0.1) is 6.92 Å². The average molecular weight is 467 g/mol. The molecule has 0 bridgehead atoms. The molecule has 0 unspecified atom stereocenters. The van der Waals surface area contributed by atoms with Crippen LogP contribution in [0.4, 0.5) is 10.8 Å². The maximum atomic E-state index is 12.9. The Balaban J connectivity index is 1.52. The molecule has 4 rings (SSSR count). The highest BCUT2D eigenvalue weighted by Crippen LogP contribution is 2.38. The molecule has 2 aliphatic rings. The van der Waals surface area contributed by atoms with Gasteiger partial charge >= 0.3 is 0 Å². The molecule has 1 aromatic heterocycles. The number of hydrogen-bond donors (Lipinski definition) is 2. The van der Waals surface area contributed by atoms with Crippen LogP contribution in [0.1, 0.15) is 31.4 Å². The van der Waals surface area contributed by atoms with Crippen molar-refractivity contribution >= 4 is 55.8 Å². The zero-order chi connectivity index (χ0) is 21.3. The highest BCUT2D eigenvalue weighted by Gasteiger charge is 2.36. The molecule has 1 fully saturated rings. The largest absolute Gasteiger partial charge is 0.341 e. The number of anilines is 2. The number of carbonyl (C=O) groups is 2. The number of thioether (sulfide) groups is 1. The molecule has 1 aromatic carbocycles. The van der Waals surface area contributed by atoms with E-state index in [0.717, 1.165) is 31.4 Å². The van der Waals surface area contributed by atoms with E-state index < -0.39 is 21.2 Å². The highest BCUT2D eigenvalue weighted by molar-refractivity contribution is 8.01. The topological polar surface area (TPSA) is 108 Å². The second-order valence-electron chi connectivity index (χ2n) is 7.28. The molecule has 0 saturated carbocycles. The van der Waals surface area contributed by atoms with Gasteiger partial charge in [-0.25, -0.2) is 13.4 Å². The maximum Gasteiger partial charge on any atom is 0.263 e. The zero-order valence-corrected chi connectivity index (χ0v) is 18.8. The Bertz CT molecular complexity index is 1080. The summed E-state index contributed by atoms with van der Waals surface area (Å²) in [6.45, 7) is 3.13. The second-order valence-corrected chi connectivity index (χ2v) is 11.0. The molecule has 3 heterocycles. The molecule has 2 N–H and O–H groups in total. The minimum absolute atomic E-state index is 0.0206. The van der Waals surface area contributed by atoms with Crippen LogP contribution in [0.2, 0.25) is 0 Å². The van der Waals surface area contributed by atoms with Gasteiger partial charge in [0.2, 0.25) is 11.8 Å². The van der Waals surface area contributed by atoms with Crippen LogP contribution >= 0.6 is 23.1 Å². The molecule has 2 aliphatic heterocycles. The number of nitrogens with one attached hydrogen (secondary N) is 2. The molecule has 30 heavy (non-hydrogen) atoms. The molecule has 0 aliphatic carbocycles. The van der Waals surface area contributed by atoms with E-state index in [1.807, 2.05) is 0 Å². The van der Waals surface area contributed by atoms with Crippen LogP contribution in [-0.2, 0) is 19.6 Å². The molecule has 1 saturated heterocycles. The van der Waals surface area contributed by atoms with Crippen molar-refractivity contribution in [2.24, 2.45) is 0 Å². The number of amides is 2. The second kappa shape index (κ2) is 8.56. The lowest BCUT2D eigenvalue weighted by molar-refractivity contribution is -0.133. The van der Waals surface area contributed by atoms with Crippen LogP contribution in [0.15, 0.2) is 33.4 Å². The van der Waals surface area contributed by atoms with Crippen molar-refractivity contribution in [1.29, 1.82) is 0 Å². The van der Waals surface area contributed by atoms with Gasteiger partial charge in [-0.1, -0.05) is 12.8 Å². The van der Waals surface area contributed by atoms with Crippen molar-refractivity contribution in [1.82, 2.24) is 9.88 Å². The normalized spacial score (nSPS) is 19.6. The van der Waals surface area contributed by atoms with E-state index >= 15 is 0 Å². The molecule has 2 amide bonds. The standard InChI is InChI=1S/C19H22N4O4S3/c1-12-11-28-19(20-12)22-30(26,27)13-6-7-15-14(10-13)21-17(24)16(29-15)18(25)23-8-4-2-3-5-9-23/h6-7,10-11,16H,2-5,8-9H2,1H3,(H,20,22)(H,21,24)/t16-/m0/s1. The number of sulfonamides is 1. The molecule has 0 radical (unpaired) electrons. The number of nitrogens with zero attached hydrogens (tertiary/aromatic N) is 2. The first-order chi connectivity index (χ1) is 14.3. The first kappa shape index (κ1) is 21.1. The van der Waals surface area contributed by atoms with Gasteiger partial charge in [-0.05, 0) is 38.0 Å². The third kappa shape index (κ3) is 4.47. The fraction of sp³-hybridized carbons (Fsp3) is 0.421. The average Bonchev–Trinajstić information content (AvgIpc) is 2.94. The summed E-state index contributed by atoms with van der Waals surface area (Å²) in [5, 5.41) is 3.90. The summed E-state index contributed by atoms with van der Waals surface area (Å²) in [6.07, 6.45) is 4.10. The van der Waals surface area contributed by atoms with Crippen LogP contribution in [0.25, 0.3) is 0 Å². The summed E-state index contributed by atoms with van der Waals surface area (Å²) in [5.74, 6) is -0.595. The Morgan fingerprint density at radius 2 is 1.97 bits per heavy atom. The van der Waals surface area contributed by atoms with E-state index in [1.54, 1.807) is 23.3 Å². The number of thiazole rings is 1. The lowest BCUT2D eigenvalue weighted by atomic mass is 10.2. The van der Waals surface area contributed by atoms with Gasteiger partial charge in [0, 0.05) is 23.4 Å². The Morgan fingerprint density at radius 3 is 2.63 bits per heavy atom. The minimum atomic E-state index is -3.84. The van der Waals surface area contributed by atoms with Gasteiger partial charge in [-0.15, -0.1) is 23.1 Å². The summed E-state index contributed by atoms with van der Waals surface area (Å²) in [7, 11) is -3.84. The van der Waals surface area contributed by atoms with E-state index in [-0.39, 0.29) is 15.9 Å². The van der Waals surface area contributed by atoms with Gasteiger partial charge in [0.1, 0.15) is 0 Å². The third-order valence-electron chi connectivity index (χ3n) is 4.98. The molecular weight excluding hydrogens is 444 g/mol. The van der Waals surface area contributed by atoms with Crippen molar-refractivity contribution < 1.29 is 18.0 Å². The maximum absolute atomic E-state index is 12.9. The lowest BCUT2D eigenvalue weighted by Crippen LogP contribution is -2.45. The third-order valence-corrected chi connectivity index (χ3v) is 8.59. The quantitative estimate of drug-likeness (QED) is 0.671. The predicted octanol–water partition coefficient (Wildman–Crippen LogP) is 3.07. The summed E-state index contributed by atoms with van der Waals surface area (Å²) in [6, 6.07) is 4.51. The molecule has 11 heteroatoms. The predicted molar refractivity (Wildman–Crippen MR) is 117 cm³/mol. The van der Waals surface area contributed by atoms with Crippen molar-refractivity contribution in [2.75, 3.05) is 23.1 Å². The summed E-state index contributed by atoms with van der Waals surface area (Å²) in [4.78, 5) is 32.1. The van der Waals surface area contributed by atoms with E-state index in [9.17, 15) is 18.0 Å². The van der Waals surface area contributed by atoms with E-state index in [1.165, 1.54) is 35.2 Å². The van der Waals surface area contributed by atoms with Crippen LogP contribution in [0.5, 0.6) is 0 Å². The first-order valence-corrected chi connectivity index (χ1v) is 12.9. The van der Waals surface area contributed by atoms with Gasteiger partial charge < -0.3 is 10.2 Å². The summed E-state index contributed by atoms with van der Waals surface area (Å²) >= 11 is 2.37. The van der Waals surface area contributed by atoms with Gasteiger partial charge in [0.05, 0.1) is 16.3 Å². The van der Waals surface area contributed by atoms with Crippen molar-refractivity contribution in [3.8, 4) is 0 Å². The summed E-state index contributed by atoms with van der Waals surface area (Å²) in [5.41, 5.74) is 1.12. The van der Waals surface area contributed by atoms with E-state index in [2.05, 4.69) is 15.0 Å². The number of hydrogen-bond acceptors (Lipinski definition) is 7. The smallest absolute Gasteiger partial charge is 0.263 e. The highest BCUT2D eigenvalue weighted by atomic mass is 32.2. The molecule has 1 atom stereocenters. The molecule has 160 valence electrons. The van der Waals surface area contributed by atoms with Gasteiger partial charge in [-0.3, -0.25) is 14.3 Å². The molecule has 8 nitrogen and oxygen atoms in total. The lowest BCUT2D eigenvalue weighted by Gasteiger charge is -2.28. The van der Waals surface area contributed by atoms with E-state index in [0.29, 0.717) is 23.7 Å². The SMILES string of the molecule is Cc1csc(NS(=O)(=O)c2ccc3c(c2)NC(=O)[C@@H](C(=O)N2CCCCCC2)S3)n1. The number of likely N-dealkylation sites (tertiary alicyclic amines) is 1. The Kier molecular flexibility index (Phi) is 6.03. The number of carbonyl (C=O) groups excluding carboxylic acids is 2. The molecule has 2 aromatic rings. The number of aromatic nitrogens is 1. The number of rotatable bonds is 4. The number of aryl methyl sites for hydroxylation is 1. The fourth-order valence-corrected chi connectivity index (χ4v) is 6.47. The van der Waals surface area contributed by atoms with Crippen molar-refractivity contribution in [2.45, 2.75) is 47.6 Å². The molecular formula is C19H22N4O4S3. The minimum Gasteiger partial charge on any atom is -0.341 e. The van der Waals surface area contributed by atoms with Crippen LogP contribution in [0.3, 0.4) is 0 Å². The van der Waals surface area contributed by atoms with Gasteiger partial charge in [-0.2, -0.15) is 0 Å². The van der Waals surface area contributed by atoms with Crippen molar-refractivity contribution in [3.05, 3.63) is 29.3 Å². The Morgan fingerprint density at radius 1 is 1.23 bits per heavy atom. The van der Waals surface area contributed by atoms with Crippen LogP contribution in [-0.4, -0.2) is 48.5 Å². The van der Waals surface area contributed by atoms with E-state index in [4.69, 9.17) is 0 Å². The fourth-order valence-electron chi connectivity index (χ4n) is 3.45.